The third kappa shape index (κ3) is 4.92. The minimum atomic E-state index is -1.01. The van der Waals surface area contributed by atoms with Gasteiger partial charge in [-0.25, -0.2) is 0 Å². The van der Waals surface area contributed by atoms with Crippen LogP contribution in [-0.2, 0) is 0 Å². The normalized spacial score (nSPS) is 27.7. The van der Waals surface area contributed by atoms with Crippen molar-refractivity contribution in [1.82, 2.24) is 10.2 Å². The molecule has 0 aliphatic carbocycles. The summed E-state index contributed by atoms with van der Waals surface area (Å²) in [7, 11) is 0. The van der Waals surface area contributed by atoms with Gasteiger partial charge in [0.1, 0.15) is 0 Å². The molecule has 1 saturated heterocycles. The summed E-state index contributed by atoms with van der Waals surface area (Å²) in [5, 5.41) is 22.1. The monoisotopic (exact) mass is 244 g/mol. The van der Waals surface area contributed by atoms with E-state index in [0.717, 1.165) is 13.1 Å². The fourth-order valence-electron chi connectivity index (χ4n) is 2.39. The molecule has 1 aliphatic rings. The Morgan fingerprint density at radius 1 is 1.53 bits per heavy atom. The predicted octanol–water partition coefficient (Wildman–Crippen LogP) is 0.440. The van der Waals surface area contributed by atoms with E-state index in [4.69, 9.17) is 5.11 Å². The van der Waals surface area contributed by atoms with E-state index in [-0.39, 0.29) is 6.61 Å². The Kier molecular flexibility index (Phi) is 5.86. The number of hydrogen-bond acceptors (Lipinski definition) is 4. The Labute approximate surface area is 105 Å². The first kappa shape index (κ1) is 14.9. The molecule has 3 atom stereocenters. The molecule has 17 heavy (non-hydrogen) atoms. The lowest BCUT2D eigenvalue weighted by Gasteiger charge is -2.36. The highest BCUT2D eigenvalue weighted by Gasteiger charge is 2.26. The van der Waals surface area contributed by atoms with Crippen molar-refractivity contribution in [3.8, 4) is 0 Å². The highest BCUT2D eigenvalue weighted by atomic mass is 16.3. The fraction of sp³-hybridized carbons (Fsp3) is 1.00. The van der Waals surface area contributed by atoms with Gasteiger partial charge in [-0.15, -0.1) is 0 Å². The molecule has 0 amide bonds. The van der Waals surface area contributed by atoms with Gasteiger partial charge in [-0.1, -0.05) is 6.92 Å². The maximum absolute atomic E-state index is 9.75. The van der Waals surface area contributed by atoms with Gasteiger partial charge in [0.05, 0.1) is 12.2 Å². The second-order valence-electron chi connectivity index (χ2n) is 5.62. The summed E-state index contributed by atoms with van der Waals surface area (Å²) in [5.41, 5.74) is -1.01. The van der Waals surface area contributed by atoms with Crippen molar-refractivity contribution in [2.45, 2.75) is 45.3 Å². The molecule has 0 aromatic carbocycles. The SMILES string of the molecule is CCN1CCCC(C(C)NCC(C)(O)CO)C1. The summed E-state index contributed by atoms with van der Waals surface area (Å²) in [6.45, 7) is 9.78. The molecule has 0 aromatic heterocycles. The molecule has 0 spiro atoms. The Balaban J connectivity index is 2.34. The molecular weight excluding hydrogens is 216 g/mol. The van der Waals surface area contributed by atoms with Crippen LogP contribution in [0.2, 0.25) is 0 Å². The van der Waals surface area contributed by atoms with Gasteiger partial charge in [-0.3, -0.25) is 0 Å². The molecule has 0 bridgehead atoms. The van der Waals surface area contributed by atoms with Crippen LogP contribution in [0.5, 0.6) is 0 Å². The highest BCUT2D eigenvalue weighted by molar-refractivity contribution is 4.83. The van der Waals surface area contributed by atoms with E-state index in [9.17, 15) is 5.11 Å². The summed E-state index contributed by atoms with van der Waals surface area (Å²) in [6.07, 6.45) is 2.52. The lowest BCUT2D eigenvalue weighted by atomic mass is 9.91. The standard InChI is InChI=1S/C13H28N2O2/c1-4-15-7-5-6-12(8-15)11(2)14-9-13(3,17)10-16/h11-12,14,16-17H,4-10H2,1-3H3. The molecule has 1 rings (SSSR count). The summed E-state index contributed by atoms with van der Waals surface area (Å²) >= 11 is 0. The van der Waals surface area contributed by atoms with Crippen LogP contribution in [-0.4, -0.2) is 59.5 Å². The van der Waals surface area contributed by atoms with Crippen molar-refractivity contribution < 1.29 is 10.2 Å². The van der Waals surface area contributed by atoms with E-state index < -0.39 is 5.60 Å². The zero-order valence-corrected chi connectivity index (χ0v) is 11.4. The van der Waals surface area contributed by atoms with Crippen molar-refractivity contribution in [2.75, 3.05) is 32.8 Å². The second-order valence-corrected chi connectivity index (χ2v) is 5.62. The maximum atomic E-state index is 9.75. The lowest BCUT2D eigenvalue weighted by Crippen LogP contribution is -2.49. The Morgan fingerprint density at radius 2 is 2.24 bits per heavy atom. The van der Waals surface area contributed by atoms with Crippen molar-refractivity contribution >= 4 is 0 Å². The Hall–Kier alpha value is -0.160. The van der Waals surface area contributed by atoms with Crippen LogP contribution in [0.3, 0.4) is 0 Å². The van der Waals surface area contributed by atoms with Crippen molar-refractivity contribution in [3.63, 3.8) is 0 Å². The molecule has 4 nitrogen and oxygen atoms in total. The quantitative estimate of drug-likeness (QED) is 0.634. The summed E-state index contributed by atoms with van der Waals surface area (Å²) < 4.78 is 0. The first-order valence-corrected chi connectivity index (χ1v) is 6.77. The smallest absolute Gasteiger partial charge is 0.0972 e. The number of aliphatic hydroxyl groups is 2. The molecule has 1 aliphatic heterocycles. The molecular formula is C13H28N2O2. The van der Waals surface area contributed by atoms with Crippen LogP contribution in [0.4, 0.5) is 0 Å². The van der Waals surface area contributed by atoms with E-state index in [0.29, 0.717) is 18.5 Å². The number of likely N-dealkylation sites (tertiary alicyclic amines) is 1. The summed E-state index contributed by atoms with van der Waals surface area (Å²) in [4.78, 5) is 2.48. The average Bonchev–Trinajstić information content (AvgIpc) is 2.36. The van der Waals surface area contributed by atoms with Crippen LogP contribution in [0.25, 0.3) is 0 Å². The second kappa shape index (κ2) is 6.69. The zero-order valence-electron chi connectivity index (χ0n) is 11.4. The van der Waals surface area contributed by atoms with Crippen molar-refractivity contribution in [2.24, 2.45) is 5.92 Å². The first-order valence-electron chi connectivity index (χ1n) is 6.77. The van der Waals surface area contributed by atoms with Crippen LogP contribution >= 0.6 is 0 Å². The Bertz CT molecular complexity index is 221. The summed E-state index contributed by atoms with van der Waals surface area (Å²) in [6, 6.07) is 0.391. The minimum absolute atomic E-state index is 0.196. The van der Waals surface area contributed by atoms with Gasteiger partial charge in [-0.05, 0) is 45.7 Å². The Morgan fingerprint density at radius 3 is 2.82 bits per heavy atom. The van der Waals surface area contributed by atoms with Gasteiger partial charge >= 0.3 is 0 Å². The van der Waals surface area contributed by atoms with Crippen molar-refractivity contribution in [1.29, 1.82) is 0 Å². The van der Waals surface area contributed by atoms with Gasteiger partial charge in [-0.2, -0.15) is 0 Å². The molecule has 1 heterocycles. The van der Waals surface area contributed by atoms with Crippen LogP contribution < -0.4 is 5.32 Å². The van der Waals surface area contributed by atoms with Crippen LogP contribution in [0.15, 0.2) is 0 Å². The number of nitrogens with zero attached hydrogens (tertiary/aromatic N) is 1. The zero-order chi connectivity index (χ0) is 12.9. The van der Waals surface area contributed by atoms with Crippen LogP contribution in [0, 0.1) is 5.92 Å². The maximum Gasteiger partial charge on any atom is 0.0972 e. The van der Waals surface area contributed by atoms with Gasteiger partial charge in [0.25, 0.3) is 0 Å². The number of hydrogen-bond donors (Lipinski definition) is 3. The molecule has 4 heteroatoms. The number of piperidine rings is 1. The third-order valence-electron chi connectivity index (χ3n) is 3.84. The number of rotatable bonds is 6. The molecule has 102 valence electrons. The van der Waals surface area contributed by atoms with E-state index in [1.165, 1.54) is 19.4 Å². The average molecular weight is 244 g/mol. The first-order chi connectivity index (χ1) is 7.98. The fourth-order valence-corrected chi connectivity index (χ4v) is 2.39. The van der Waals surface area contributed by atoms with E-state index in [1.54, 1.807) is 6.92 Å². The van der Waals surface area contributed by atoms with Gasteiger partial charge in [0.15, 0.2) is 0 Å². The van der Waals surface area contributed by atoms with E-state index in [2.05, 4.69) is 24.1 Å². The van der Waals surface area contributed by atoms with E-state index in [1.807, 2.05) is 0 Å². The molecule has 0 saturated carbocycles. The number of nitrogens with one attached hydrogen (secondary N) is 1. The lowest BCUT2D eigenvalue weighted by molar-refractivity contribution is -0.00142. The minimum Gasteiger partial charge on any atom is -0.393 e. The van der Waals surface area contributed by atoms with Crippen molar-refractivity contribution in [3.05, 3.63) is 0 Å². The molecule has 3 N–H and O–H groups in total. The predicted molar refractivity (Wildman–Crippen MR) is 70.0 cm³/mol. The van der Waals surface area contributed by atoms with Gasteiger partial charge in [0.2, 0.25) is 0 Å². The van der Waals surface area contributed by atoms with Gasteiger partial charge < -0.3 is 20.4 Å². The molecule has 1 fully saturated rings. The van der Waals surface area contributed by atoms with Gasteiger partial charge in [0, 0.05) is 19.1 Å². The molecule has 3 unspecified atom stereocenters. The topological polar surface area (TPSA) is 55.7 Å². The third-order valence-corrected chi connectivity index (χ3v) is 3.84. The van der Waals surface area contributed by atoms with E-state index >= 15 is 0 Å². The van der Waals surface area contributed by atoms with Crippen LogP contribution in [0.1, 0.15) is 33.6 Å². The largest absolute Gasteiger partial charge is 0.393 e. The molecule has 0 radical (unpaired) electrons. The number of aliphatic hydroxyl groups excluding tert-OH is 1. The summed E-state index contributed by atoms with van der Waals surface area (Å²) in [5.74, 6) is 0.651. The molecule has 0 aromatic rings. The highest BCUT2D eigenvalue weighted by Crippen LogP contribution is 2.19.